The maximum atomic E-state index is 5.95. The van der Waals surface area contributed by atoms with Crippen LogP contribution in [0.3, 0.4) is 0 Å². The van der Waals surface area contributed by atoms with Crippen LogP contribution >= 0.6 is 22.9 Å². The second kappa shape index (κ2) is 5.70. The van der Waals surface area contributed by atoms with Crippen LogP contribution in [0.1, 0.15) is 16.4 Å². The predicted molar refractivity (Wildman–Crippen MR) is 77.6 cm³/mol. The lowest BCUT2D eigenvalue weighted by Gasteiger charge is -1.96. The first-order chi connectivity index (χ1) is 9.74. The average Bonchev–Trinajstić information content (AvgIpc) is 3.07. The molecule has 0 saturated heterocycles. The lowest BCUT2D eigenvalue weighted by Crippen LogP contribution is -1.94. The highest BCUT2D eigenvalue weighted by atomic mass is 35.5. The number of aromatic nitrogens is 3. The molecule has 1 aromatic carbocycles. The van der Waals surface area contributed by atoms with Gasteiger partial charge < -0.3 is 10.3 Å². The van der Waals surface area contributed by atoms with Crippen LogP contribution in [0.2, 0.25) is 5.02 Å². The van der Waals surface area contributed by atoms with E-state index in [1.54, 1.807) is 0 Å². The molecule has 5 nitrogen and oxygen atoms in total. The average molecular weight is 307 g/mol. The maximum absolute atomic E-state index is 5.95. The molecule has 0 atom stereocenters. The van der Waals surface area contributed by atoms with Crippen molar-refractivity contribution in [2.24, 2.45) is 5.73 Å². The lowest BCUT2D eigenvalue weighted by atomic mass is 10.1. The van der Waals surface area contributed by atoms with Crippen LogP contribution in [0.15, 0.2) is 34.2 Å². The monoisotopic (exact) mass is 306 g/mol. The zero-order chi connectivity index (χ0) is 13.9. The van der Waals surface area contributed by atoms with Crippen molar-refractivity contribution in [1.29, 1.82) is 0 Å². The highest BCUT2D eigenvalue weighted by Crippen LogP contribution is 2.21. The number of benzene rings is 1. The summed E-state index contributed by atoms with van der Waals surface area (Å²) in [6.45, 7) is 0.411. The first kappa shape index (κ1) is 13.2. The standard InChI is InChI=1S/C13H11ClN4OS/c14-9-3-1-2-8(4-9)5-11-17-13(19-18-11)10-7-20-12(6-15)16-10/h1-4,7H,5-6,15H2. The fourth-order valence-electron chi connectivity index (χ4n) is 1.76. The molecule has 0 aliphatic heterocycles. The van der Waals surface area contributed by atoms with Crippen LogP contribution in [0, 0.1) is 0 Å². The fraction of sp³-hybridized carbons (Fsp3) is 0.154. The van der Waals surface area contributed by atoms with Gasteiger partial charge in [0.2, 0.25) is 0 Å². The summed E-state index contributed by atoms with van der Waals surface area (Å²) < 4.78 is 5.22. The minimum Gasteiger partial charge on any atom is -0.332 e. The third-order valence-electron chi connectivity index (χ3n) is 2.66. The van der Waals surface area contributed by atoms with Crippen LogP contribution in [-0.4, -0.2) is 15.1 Å². The first-order valence-electron chi connectivity index (χ1n) is 5.96. The number of halogens is 1. The molecule has 0 amide bonds. The van der Waals surface area contributed by atoms with Gasteiger partial charge in [0.05, 0.1) is 0 Å². The fourth-order valence-corrected chi connectivity index (χ4v) is 2.62. The molecule has 0 saturated carbocycles. The predicted octanol–water partition coefficient (Wildman–Crippen LogP) is 2.90. The minimum atomic E-state index is 0.411. The number of nitrogens with zero attached hydrogens (tertiary/aromatic N) is 3. The van der Waals surface area contributed by atoms with Crippen LogP contribution in [0.5, 0.6) is 0 Å². The molecule has 0 fully saturated rings. The highest BCUT2D eigenvalue weighted by molar-refractivity contribution is 7.09. The van der Waals surface area contributed by atoms with Gasteiger partial charge in [-0.2, -0.15) is 4.98 Å². The Kier molecular flexibility index (Phi) is 3.77. The van der Waals surface area contributed by atoms with Crippen LogP contribution < -0.4 is 5.73 Å². The molecule has 102 valence electrons. The summed E-state index contributed by atoms with van der Waals surface area (Å²) in [6, 6.07) is 7.58. The van der Waals surface area contributed by atoms with Crippen molar-refractivity contribution in [3.05, 3.63) is 51.1 Å². The van der Waals surface area contributed by atoms with E-state index in [0.29, 0.717) is 35.4 Å². The number of nitrogens with two attached hydrogens (primary N) is 1. The summed E-state index contributed by atoms with van der Waals surface area (Å²) in [5, 5.41) is 7.35. The van der Waals surface area contributed by atoms with Crippen molar-refractivity contribution in [3.8, 4) is 11.6 Å². The molecule has 20 heavy (non-hydrogen) atoms. The van der Waals surface area contributed by atoms with Crippen molar-refractivity contribution in [3.63, 3.8) is 0 Å². The quantitative estimate of drug-likeness (QED) is 0.802. The van der Waals surface area contributed by atoms with E-state index in [1.807, 2.05) is 29.6 Å². The van der Waals surface area contributed by atoms with E-state index in [9.17, 15) is 0 Å². The van der Waals surface area contributed by atoms with Gasteiger partial charge in [0.1, 0.15) is 10.7 Å². The van der Waals surface area contributed by atoms with E-state index < -0.39 is 0 Å². The van der Waals surface area contributed by atoms with Crippen molar-refractivity contribution in [1.82, 2.24) is 15.1 Å². The third kappa shape index (κ3) is 2.87. The molecule has 3 aromatic rings. The summed E-state index contributed by atoms with van der Waals surface area (Å²) in [6.07, 6.45) is 0.567. The zero-order valence-corrected chi connectivity index (χ0v) is 12.0. The Morgan fingerprint density at radius 3 is 2.95 bits per heavy atom. The third-order valence-corrected chi connectivity index (χ3v) is 3.77. The molecule has 0 radical (unpaired) electrons. The Bertz CT molecular complexity index is 724. The first-order valence-corrected chi connectivity index (χ1v) is 7.22. The van der Waals surface area contributed by atoms with E-state index in [0.717, 1.165) is 10.6 Å². The van der Waals surface area contributed by atoms with E-state index in [2.05, 4.69) is 15.1 Å². The van der Waals surface area contributed by atoms with Gasteiger partial charge in [-0.15, -0.1) is 11.3 Å². The van der Waals surface area contributed by atoms with Gasteiger partial charge >= 0.3 is 0 Å². The Hall–Kier alpha value is -1.76. The molecule has 0 spiro atoms. The van der Waals surface area contributed by atoms with Crippen LogP contribution in [0.25, 0.3) is 11.6 Å². The van der Waals surface area contributed by atoms with Gasteiger partial charge in [0, 0.05) is 23.4 Å². The Morgan fingerprint density at radius 1 is 1.30 bits per heavy atom. The van der Waals surface area contributed by atoms with Gasteiger partial charge in [0.15, 0.2) is 5.82 Å². The molecule has 7 heteroatoms. The number of hydrogen-bond acceptors (Lipinski definition) is 6. The maximum Gasteiger partial charge on any atom is 0.277 e. The summed E-state index contributed by atoms with van der Waals surface area (Å²) in [5.74, 6) is 1.02. The van der Waals surface area contributed by atoms with Crippen LogP contribution in [0.4, 0.5) is 0 Å². The van der Waals surface area contributed by atoms with E-state index >= 15 is 0 Å². The number of thiazole rings is 1. The largest absolute Gasteiger partial charge is 0.332 e. The van der Waals surface area contributed by atoms with Crippen molar-refractivity contribution in [2.75, 3.05) is 0 Å². The van der Waals surface area contributed by atoms with E-state index in [4.69, 9.17) is 21.9 Å². The van der Waals surface area contributed by atoms with Gasteiger partial charge in [-0.05, 0) is 17.7 Å². The van der Waals surface area contributed by atoms with Crippen molar-refractivity contribution >= 4 is 22.9 Å². The molecule has 0 aliphatic carbocycles. The van der Waals surface area contributed by atoms with Gasteiger partial charge in [-0.3, -0.25) is 0 Å². The Labute approximate surface area is 124 Å². The topological polar surface area (TPSA) is 77.8 Å². The lowest BCUT2D eigenvalue weighted by molar-refractivity contribution is 0.423. The van der Waals surface area contributed by atoms with Crippen molar-refractivity contribution < 1.29 is 4.52 Å². The summed E-state index contributed by atoms with van der Waals surface area (Å²) in [5.41, 5.74) is 7.23. The summed E-state index contributed by atoms with van der Waals surface area (Å²) in [7, 11) is 0. The molecular weight excluding hydrogens is 296 g/mol. The molecule has 0 bridgehead atoms. The molecule has 2 N–H and O–H groups in total. The SMILES string of the molecule is NCc1nc(-c2nc(Cc3cccc(Cl)c3)no2)cs1. The second-order valence-electron chi connectivity index (χ2n) is 4.15. The molecule has 2 aromatic heterocycles. The highest BCUT2D eigenvalue weighted by Gasteiger charge is 2.12. The Morgan fingerprint density at radius 2 is 2.20 bits per heavy atom. The van der Waals surface area contributed by atoms with Crippen LogP contribution in [-0.2, 0) is 13.0 Å². The number of rotatable bonds is 4. The smallest absolute Gasteiger partial charge is 0.277 e. The second-order valence-corrected chi connectivity index (χ2v) is 5.53. The van der Waals surface area contributed by atoms with E-state index in [1.165, 1.54) is 11.3 Å². The number of hydrogen-bond donors (Lipinski definition) is 1. The van der Waals surface area contributed by atoms with Gasteiger partial charge in [0.25, 0.3) is 5.89 Å². The minimum absolute atomic E-state index is 0.411. The van der Waals surface area contributed by atoms with Gasteiger partial charge in [-0.1, -0.05) is 28.9 Å². The molecular formula is C13H11ClN4OS. The Balaban J connectivity index is 1.80. The summed E-state index contributed by atoms with van der Waals surface area (Å²) in [4.78, 5) is 8.65. The van der Waals surface area contributed by atoms with E-state index in [-0.39, 0.29) is 0 Å². The van der Waals surface area contributed by atoms with Gasteiger partial charge in [-0.25, -0.2) is 4.98 Å². The molecule has 0 unspecified atom stereocenters. The normalized spacial score (nSPS) is 10.9. The zero-order valence-electron chi connectivity index (χ0n) is 10.4. The molecule has 2 heterocycles. The van der Waals surface area contributed by atoms with Crippen molar-refractivity contribution in [2.45, 2.75) is 13.0 Å². The molecule has 0 aliphatic rings. The molecule has 3 rings (SSSR count). The summed E-state index contributed by atoms with van der Waals surface area (Å²) >= 11 is 7.42.